The predicted molar refractivity (Wildman–Crippen MR) is 131 cm³/mol. The second kappa shape index (κ2) is 10.2. The number of aryl methyl sites for hydroxylation is 1. The monoisotopic (exact) mass is 511 g/mol. The summed E-state index contributed by atoms with van der Waals surface area (Å²) in [7, 11) is 0. The molecule has 2 aliphatic rings. The minimum absolute atomic E-state index is 0.0317. The second-order valence-electron chi connectivity index (χ2n) is 8.80. The number of hydrogen-bond donors (Lipinski definition) is 0. The zero-order valence-electron chi connectivity index (χ0n) is 20.6. The standard InChI is InChI=1S/C28H27F2NO6/c1-3-33-26(32)13-11-18-6-4-8-21-20(18)7-5-9-23(21)34-15-14-22-17(2)35-27(31-22)19-10-12-24-25(16-19)37-28(29,30)36-24/h5-7,9-10,12,16H,3-4,8,11,13-15H2,1-2H3. The van der Waals surface area contributed by atoms with E-state index in [1.807, 2.05) is 12.1 Å². The smallest absolute Gasteiger partial charge is 0.493 e. The van der Waals surface area contributed by atoms with Crippen molar-refractivity contribution < 1.29 is 36.9 Å². The third kappa shape index (κ3) is 5.45. The Hall–Kier alpha value is -3.88. The third-order valence-electron chi connectivity index (χ3n) is 6.31. The lowest BCUT2D eigenvalue weighted by atomic mass is 9.88. The van der Waals surface area contributed by atoms with Crippen LogP contribution in [0.4, 0.5) is 8.78 Å². The molecule has 1 aliphatic heterocycles. The van der Waals surface area contributed by atoms with Crippen molar-refractivity contribution in [3.63, 3.8) is 0 Å². The van der Waals surface area contributed by atoms with Gasteiger partial charge in [-0.25, -0.2) is 4.98 Å². The van der Waals surface area contributed by atoms with Crippen LogP contribution in [0, 0.1) is 6.92 Å². The number of nitrogens with zero attached hydrogens (tertiary/aromatic N) is 1. The number of alkyl halides is 2. The van der Waals surface area contributed by atoms with Crippen LogP contribution >= 0.6 is 0 Å². The van der Waals surface area contributed by atoms with E-state index in [0.29, 0.717) is 49.7 Å². The molecule has 1 aromatic heterocycles. The number of halogens is 2. The number of fused-ring (bicyclic) bond motifs is 2. The maximum atomic E-state index is 13.3. The molecule has 0 amide bonds. The molecule has 2 aromatic carbocycles. The molecule has 3 aromatic rings. The van der Waals surface area contributed by atoms with Crippen LogP contribution in [0.1, 0.15) is 48.8 Å². The van der Waals surface area contributed by atoms with E-state index < -0.39 is 6.29 Å². The first kappa shape index (κ1) is 24.8. The number of carbonyl (C=O) groups is 1. The van der Waals surface area contributed by atoms with Crippen molar-refractivity contribution in [1.82, 2.24) is 4.98 Å². The predicted octanol–water partition coefficient (Wildman–Crippen LogP) is 6.27. The first-order chi connectivity index (χ1) is 17.8. The normalized spacial score (nSPS) is 15.2. The summed E-state index contributed by atoms with van der Waals surface area (Å²) < 4.78 is 52.6. The number of aromatic nitrogens is 1. The van der Waals surface area contributed by atoms with Gasteiger partial charge in [-0.15, -0.1) is 8.78 Å². The maximum Gasteiger partial charge on any atom is 0.586 e. The molecule has 7 nitrogen and oxygen atoms in total. The number of hydrogen-bond acceptors (Lipinski definition) is 7. The number of oxazole rings is 1. The molecule has 0 spiro atoms. The molecule has 0 saturated carbocycles. The highest BCUT2D eigenvalue weighted by molar-refractivity contribution is 5.77. The summed E-state index contributed by atoms with van der Waals surface area (Å²) in [4.78, 5) is 16.4. The van der Waals surface area contributed by atoms with E-state index in [2.05, 4.69) is 26.6 Å². The Morgan fingerprint density at radius 3 is 2.81 bits per heavy atom. The molecule has 5 rings (SSSR count). The lowest BCUT2D eigenvalue weighted by Gasteiger charge is -2.21. The van der Waals surface area contributed by atoms with E-state index >= 15 is 0 Å². The number of carbonyl (C=O) groups excluding carboxylic acids is 1. The van der Waals surface area contributed by atoms with Crippen molar-refractivity contribution in [3.8, 4) is 28.7 Å². The molecule has 0 unspecified atom stereocenters. The van der Waals surface area contributed by atoms with Gasteiger partial charge in [-0.2, -0.15) is 0 Å². The summed E-state index contributed by atoms with van der Waals surface area (Å²) in [5.41, 5.74) is 4.62. The topological polar surface area (TPSA) is 80.0 Å². The van der Waals surface area contributed by atoms with Crippen LogP contribution in [0.25, 0.3) is 17.0 Å². The van der Waals surface area contributed by atoms with E-state index in [1.54, 1.807) is 19.9 Å². The molecule has 0 atom stereocenters. The van der Waals surface area contributed by atoms with Gasteiger partial charge in [0.1, 0.15) is 11.5 Å². The van der Waals surface area contributed by atoms with Crippen LogP contribution in [-0.2, 0) is 22.4 Å². The minimum atomic E-state index is -3.68. The van der Waals surface area contributed by atoms with Gasteiger partial charge in [-0.3, -0.25) is 4.79 Å². The lowest BCUT2D eigenvalue weighted by molar-refractivity contribution is -0.286. The van der Waals surface area contributed by atoms with Gasteiger partial charge in [-0.1, -0.05) is 18.2 Å². The van der Waals surface area contributed by atoms with Gasteiger partial charge in [0, 0.05) is 24.0 Å². The van der Waals surface area contributed by atoms with E-state index in [1.165, 1.54) is 12.1 Å². The van der Waals surface area contributed by atoms with E-state index in [-0.39, 0.29) is 17.5 Å². The highest BCUT2D eigenvalue weighted by Gasteiger charge is 2.43. The number of ether oxygens (including phenoxy) is 4. The van der Waals surface area contributed by atoms with Crippen LogP contribution in [0.2, 0.25) is 0 Å². The molecule has 0 saturated heterocycles. The fraction of sp³-hybridized carbons (Fsp3) is 0.357. The molecule has 0 fully saturated rings. The fourth-order valence-electron chi connectivity index (χ4n) is 4.59. The molecule has 9 heteroatoms. The van der Waals surface area contributed by atoms with Gasteiger partial charge in [0.2, 0.25) is 5.89 Å². The molecule has 1 aliphatic carbocycles. The van der Waals surface area contributed by atoms with Gasteiger partial charge in [0.25, 0.3) is 0 Å². The van der Waals surface area contributed by atoms with Crippen molar-refractivity contribution in [2.45, 2.75) is 52.2 Å². The SMILES string of the molecule is CCOC(=O)CCC1=CCCc2c(OCCc3nc(-c4ccc5c(c4)OC(F)(F)O5)oc3C)cccc21. The van der Waals surface area contributed by atoms with Gasteiger partial charge >= 0.3 is 12.3 Å². The van der Waals surface area contributed by atoms with Crippen LogP contribution in [0.5, 0.6) is 17.2 Å². The molecule has 194 valence electrons. The van der Waals surface area contributed by atoms with E-state index in [9.17, 15) is 13.6 Å². The van der Waals surface area contributed by atoms with Gasteiger partial charge < -0.3 is 23.4 Å². The Labute approximate surface area is 213 Å². The first-order valence-corrected chi connectivity index (χ1v) is 12.3. The Kier molecular flexibility index (Phi) is 6.86. The van der Waals surface area contributed by atoms with Crippen LogP contribution in [-0.4, -0.2) is 30.5 Å². The number of rotatable bonds is 9. The fourth-order valence-corrected chi connectivity index (χ4v) is 4.59. The molecular weight excluding hydrogens is 484 g/mol. The van der Waals surface area contributed by atoms with E-state index in [0.717, 1.165) is 41.0 Å². The van der Waals surface area contributed by atoms with Crippen molar-refractivity contribution >= 4 is 11.5 Å². The van der Waals surface area contributed by atoms with Crippen molar-refractivity contribution in [2.75, 3.05) is 13.2 Å². The zero-order chi connectivity index (χ0) is 26.0. The van der Waals surface area contributed by atoms with Gasteiger partial charge in [0.05, 0.1) is 18.9 Å². The minimum Gasteiger partial charge on any atom is -0.493 e. The Morgan fingerprint density at radius 1 is 1.14 bits per heavy atom. The van der Waals surface area contributed by atoms with Crippen molar-refractivity contribution in [2.24, 2.45) is 0 Å². The summed E-state index contributed by atoms with van der Waals surface area (Å²) in [5.74, 6) is 1.47. The number of esters is 1. The molecular formula is C28H27F2NO6. The summed E-state index contributed by atoms with van der Waals surface area (Å²) in [6.07, 6.45) is 1.75. The van der Waals surface area contributed by atoms with E-state index in [4.69, 9.17) is 13.9 Å². The number of allylic oxidation sites excluding steroid dienone is 2. The second-order valence-corrected chi connectivity index (χ2v) is 8.80. The van der Waals surface area contributed by atoms with Crippen molar-refractivity contribution in [3.05, 3.63) is 65.1 Å². The Morgan fingerprint density at radius 2 is 1.97 bits per heavy atom. The molecule has 37 heavy (non-hydrogen) atoms. The Bertz CT molecular complexity index is 1350. The average molecular weight is 512 g/mol. The lowest BCUT2D eigenvalue weighted by Crippen LogP contribution is -2.25. The van der Waals surface area contributed by atoms with Gasteiger partial charge in [-0.05, 0) is 68.5 Å². The first-order valence-electron chi connectivity index (χ1n) is 12.3. The summed E-state index contributed by atoms with van der Waals surface area (Å²) in [6, 6.07) is 10.4. The summed E-state index contributed by atoms with van der Waals surface area (Å²) in [5, 5.41) is 0. The highest BCUT2D eigenvalue weighted by atomic mass is 19.3. The quantitative estimate of drug-likeness (QED) is 0.314. The number of benzene rings is 2. The van der Waals surface area contributed by atoms with Crippen LogP contribution in [0.15, 0.2) is 46.9 Å². The largest absolute Gasteiger partial charge is 0.586 e. The molecule has 2 heterocycles. The van der Waals surface area contributed by atoms with Crippen LogP contribution < -0.4 is 14.2 Å². The van der Waals surface area contributed by atoms with Crippen LogP contribution in [0.3, 0.4) is 0 Å². The molecule has 0 radical (unpaired) electrons. The highest BCUT2D eigenvalue weighted by Crippen LogP contribution is 2.43. The zero-order valence-corrected chi connectivity index (χ0v) is 20.6. The summed E-state index contributed by atoms with van der Waals surface area (Å²) in [6.45, 7) is 4.38. The maximum absolute atomic E-state index is 13.3. The third-order valence-corrected chi connectivity index (χ3v) is 6.31. The Balaban J connectivity index is 1.23. The average Bonchev–Trinajstić information content (AvgIpc) is 3.39. The van der Waals surface area contributed by atoms with Crippen molar-refractivity contribution in [1.29, 1.82) is 0 Å². The molecule has 0 N–H and O–H groups in total. The van der Waals surface area contributed by atoms with Gasteiger partial charge in [0.15, 0.2) is 11.5 Å². The molecule has 0 bridgehead atoms. The summed E-state index contributed by atoms with van der Waals surface area (Å²) >= 11 is 0.